The number of aryl methyl sites for hydroxylation is 1. The molecule has 0 unspecified atom stereocenters. The van der Waals surface area contributed by atoms with Gasteiger partial charge in [0.2, 0.25) is 5.91 Å². The topological polar surface area (TPSA) is 88.9 Å². The lowest BCUT2D eigenvalue weighted by Crippen LogP contribution is -2.33. The highest BCUT2D eigenvalue weighted by Crippen LogP contribution is 2.23. The summed E-state index contributed by atoms with van der Waals surface area (Å²) < 4.78 is 1.87. The van der Waals surface area contributed by atoms with Gasteiger partial charge >= 0.3 is 0 Å². The number of rotatable bonds is 7. The smallest absolute Gasteiger partial charge is 0.253 e. The number of thioether (sulfide) groups is 1. The van der Waals surface area contributed by atoms with Gasteiger partial charge in [0, 0.05) is 6.04 Å². The molecule has 7 nitrogen and oxygen atoms in total. The Labute approximate surface area is 185 Å². The number of nitrogens with zero attached hydrogens (tertiary/aromatic N) is 3. The van der Waals surface area contributed by atoms with Crippen molar-refractivity contribution >= 4 is 29.3 Å². The standard InChI is InChI=1S/C23H25N5O2S/c1-16-8-2-7-13-20(16)28-15-24-27-23(28)31-14-21(29)26-19-12-6-5-11-18(19)22(30)25-17-9-3-4-10-17/h2,5-8,11-13,15,17H,3-4,9-10,14H2,1H3,(H,25,30)(H,26,29). The summed E-state index contributed by atoms with van der Waals surface area (Å²) in [7, 11) is 0. The fraction of sp³-hybridized carbons (Fsp3) is 0.304. The second-order valence-electron chi connectivity index (χ2n) is 7.61. The van der Waals surface area contributed by atoms with Crippen molar-refractivity contribution in [2.75, 3.05) is 11.1 Å². The van der Waals surface area contributed by atoms with Gasteiger partial charge in [0.05, 0.1) is 22.7 Å². The lowest BCUT2D eigenvalue weighted by Gasteiger charge is -2.15. The average molecular weight is 436 g/mol. The fourth-order valence-electron chi connectivity index (χ4n) is 3.76. The number of carbonyl (C=O) groups is 2. The molecule has 2 amide bonds. The normalized spacial score (nSPS) is 13.8. The number of benzene rings is 2. The van der Waals surface area contributed by atoms with Crippen molar-refractivity contribution in [1.29, 1.82) is 0 Å². The largest absolute Gasteiger partial charge is 0.349 e. The Morgan fingerprint density at radius 1 is 1.10 bits per heavy atom. The molecule has 0 bridgehead atoms. The maximum atomic E-state index is 12.7. The Morgan fingerprint density at radius 2 is 1.84 bits per heavy atom. The number of hydrogen-bond acceptors (Lipinski definition) is 5. The molecule has 160 valence electrons. The van der Waals surface area contributed by atoms with Gasteiger partial charge < -0.3 is 10.6 Å². The number of para-hydroxylation sites is 2. The monoisotopic (exact) mass is 435 g/mol. The van der Waals surface area contributed by atoms with E-state index in [2.05, 4.69) is 20.8 Å². The minimum Gasteiger partial charge on any atom is -0.349 e. The minimum atomic E-state index is -0.203. The summed E-state index contributed by atoms with van der Waals surface area (Å²) in [5.74, 6) is -0.191. The van der Waals surface area contributed by atoms with E-state index in [4.69, 9.17) is 0 Å². The van der Waals surface area contributed by atoms with Crippen LogP contribution >= 0.6 is 11.8 Å². The summed E-state index contributed by atoms with van der Waals surface area (Å²) in [5, 5.41) is 14.7. The highest BCUT2D eigenvalue weighted by atomic mass is 32.2. The van der Waals surface area contributed by atoms with Crippen molar-refractivity contribution in [3.63, 3.8) is 0 Å². The van der Waals surface area contributed by atoms with Crippen LogP contribution in [0.15, 0.2) is 60.0 Å². The summed E-state index contributed by atoms with van der Waals surface area (Å²) in [6.07, 6.45) is 5.96. The highest BCUT2D eigenvalue weighted by molar-refractivity contribution is 7.99. The number of amides is 2. The SMILES string of the molecule is Cc1ccccc1-n1cnnc1SCC(=O)Nc1ccccc1C(=O)NC1CCCC1. The first kappa shape index (κ1) is 21.1. The predicted molar refractivity (Wildman–Crippen MR) is 122 cm³/mol. The Balaban J connectivity index is 1.40. The average Bonchev–Trinajstić information content (AvgIpc) is 3.45. The highest BCUT2D eigenvalue weighted by Gasteiger charge is 2.20. The van der Waals surface area contributed by atoms with Crippen molar-refractivity contribution in [3.05, 3.63) is 66.0 Å². The first-order valence-electron chi connectivity index (χ1n) is 10.4. The third-order valence-electron chi connectivity index (χ3n) is 5.36. The maximum absolute atomic E-state index is 12.7. The quantitative estimate of drug-likeness (QED) is 0.548. The number of aromatic nitrogens is 3. The van der Waals surface area contributed by atoms with Crippen LogP contribution in [0, 0.1) is 6.92 Å². The Bertz CT molecular complexity index is 1080. The van der Waals surface area contributed by atoms with Crippen molar-refractivity contribution < 1.29 is 9.59 Å². The van der Waals surface area contributed by atoms with Gasteiger partial charge in [-0.05, 0) is 43.5 Å². The molecule has 2 N–H and O–H groups in total. The molecular formula is C23H25N5O2S. The van der Waals surface area contributed by atoms with Crippen LogP contribution in [-0.2, 0) is 4.79 Å². The predicted octanol–water partition coefficient (Wildman–Crippen LogP) is 3.98. The van der Waals surface area contributed by atoms with Crippen LogP contribution in [-0.4, -0.2) is 38.4 Å². The van der Waals surface area contributed by atoms with Gasteiger partial charge in [0.1, 0.15) is 6.33 Å². The zero-order valence-corrected chi connectivity index (χ0v) is 18.2. The Morgan fingerprint density at radius 3 is 2.65 bits per heavy atom. The molecule has 0 spiro atoms. The van der Waals surface area contributed by atoms with Crippen molar-refractivity contribution in [2.24, 2.45) is 0 Å². The molecule has 1 aromatic heterocycles. The van der Waals surface area contributed by atoms with Crippen LogP contribution in [0.1, 0.15) is 41.6 Å². The zero-order chi connectivity index (χ0) is 21.6. The second-order valence-corrected chi connectivity index (χ2v) is 8.55. The van der Waals surface area contributed by atoms with Gasteiger partial charge in [0.25, 0.3) is 5.91 Å². The van der Waals surface area contributed by atoms with Gasteiger partial charge in [-0.25, -0.2) is 0 Å². The van der Waals surface area contributed by atoms with Crippen molar-refractivity contribution in [1.82, 2.24) is 20.1 Å². The van der Waals surface area contributed by atoms with Crippen molar-refractivity contribution in [3.8, 4) is 5.69 Å². The van der Waals surface area contributed by atoms with Crippen molar-refractivity contribution in [2.45, 2.75) is 43.8 Å². The lowest BCUT2D eigenvalue weighted by atomic mass is 10.1. The van der Waals surface area contributed by atoms with Crippen LogP contribution in [0.25, 0.3) is 5.69 Å². The lowest BCUT2D eigenvalue weighted by molar-refractivity contribution is -0.113. The number of carbonyl (C=O) groups excluding carboxylic acids is 2. The minimum absolute atomic E-state index is 0.144. The summed E-state index contributed by atoms with van der Waals surface area (Å²) in [5.41, 5.74) is 3.07. The Kier molecular flexibility index (Phi) is 6.66. The van der Waals surface area contributed by atoms with Gasteiger partial charge in [0.15, 0.2) is 5.16 Å². The molecule has 8 heteroatoms. The van der Waals surface area contributed by atoms with Gasteiger partial charge in [-0.2, -0.15) is 0 Å². The Hall–Kier alpha value is -3.13. The van der Waals surface area contributed by atoms with E-state index < -0.39 is 0 Å². The van der Waals surface area contributed by atoms with E-state index in [1.54, 1.807) is 24.5 Å². The van der Waals surface area contributed by atoms with Gasteiger partial charge in [-0.3, -0.25) is 14.2 Å². The number of anilines is 1. The molecule has 1 aliphatic rings. The molecule has 0 aliphatic heterocycles. The summed E-state index contributed by atoms with van der Waals surface area (Å²) >= 11 is 1.30. The van der Waals surface area contributed by atoms with E-state index in [-0.39, 0.29) is 23.6 Å². The molecule has 1 aliphatic carbocycles. The molecule has 2 aromatic carbocycles. The molecule has 4 rings (SSSR count). The summed E-state index contributed by atoms with van der Waals surface area (Å²) in [6.45, 7) is 2.02. The van der Waals surface area contributed by atoms with Crippen LogP contribution in [0.2, 0.25) is 0 Å². The molecule has 0 saturated heterocycles. The van der Waals surface area contributed by atoms with Crippen LogP contribution in [0.4, 0.5) is 5.69 Å². The van der Waals surface area contributed by atoms with Crippen LogP contribution < -0.4 is 10.6 Å². The molecule has 3 aromatic rings. The summed E-state index contributed by atoms with van der Waals surface area (Å²) in [6, 6.07) is 15.3. The first-order chi connectivity index (χ1) is 15.1. The van der Waals surface area contributed by atoms with Crippen LogP contribution in [0.5, 0.6) is 0 Å². The second kappa shape index (κ2) is 9.78. The molecule has 1 saturated carbocycles. The van der Waals surface area contributed by atoms with E-state index in [1.807, 2.05) is 41.8 Å². The van der Waals surface area contributed by atoms with Gasteiger partial charge in [-0.1, -0.05) is 54.9 Å². The van der Waals surface area contributed by atoms with E-state index in [0.29, 0.717) is 16.4 Å². The molecule has 0 radical (unpaired) electrons. The van der Waals surface area contributed by atoms with Crippen LogP contribution in [0.3, 0.4) is 0 Å². The van der Waals surface area contributed by atoms with E-state index in [1.165, 1.54) is 11.8 Å². The number of nitrogens with one attached hydrogen (secondary N) is 2. The molecule has 1 heterocycles. The van der Waals surface area contributed by atoms with E-state index in [0.717, 1.165) is 36.9 Å². The third-order valence-corrected chi connectivity index (χ3v) is 6.30. The summed E-state index contributed by atoms with van der Waals surface area (Å²) in [4.78, 5) is 25.3. The van der Waals surface area contributed by atoms with E-state index in [9.17, 15) is 9.59 Å². The molecule has 1 fully saturated rings. The third kappa shape index (κ3) is 5.14. The van der Waals surface area contributed by atoms with E-state index >= 15 is 0 Å². The zero-order valence-electron chi connectivity index (χ0n) is 17.4. The van der Waals surface area contributed by atoms with Gasteiger partial charge in [-0.15, -0.1) is 10.2 Å². The molecule has 0 atom stereocenters. The first-order valence-corrected chi connectivity index (χ1v) is 11.4. The fourth-order valence-corrected chi connectivity index (χ4v) is 4.48. The molecular weight excluding hydrogens is 410 g/mol. The molecule has 31 heavy (non-hydrogen) atoms. The maximum Gasteiger partial charge on any atom is 0.253 e. The number of hydrogen-bond donors (Lipinski definition) is 2.